The number of carbonyl (C=O) groups excluding carboxylic acids is 1. The van der Waals surface area contributed by atoms with E-state index in [2.05, 4.69) is 52.6 Å². The zero-order valence-corrected chi connectivity index (χ0v) is 17.1. The van der Waals surface area contributed by atoms with Crippen LogP contribution in [-0.2, 0) is 4.74 Å². The standard InChI is InChI=1S/C21H29N5O2/c1-5-28-21(27)26-11-9-17(10-12-26)23-20-22-16(4)13-18(25-20)24-19-14(2)7-6-8-15(19)3/h6-8,13,17H,5,9-12H2,1-4H3,(H2,22,23,24,25). The molecule has 1 saturated heterocycles. The Morgan fingerprint density at radius 2 is 1.86 bits per heavy atom. The number of anilines is 3. The van der Waals surface area contributed by atoms with Crippen molar-refractivity contribution in [2.45, 2.75) is 46.6 Å². The Kier molecular flexibility index (Phi) is 6.34. The number of nitrogens with one attached hydrogen (secondary N) is 2. The summed E-state index contributed by atoms with van der Waals surface area (Å²) in [6, 6.07) is 8.40. The quantitative estimate of drug-likeness (QED) is 0.806. The second-order valence-corrected chi connectivity index (χ2v) is 7.21. The summed E-state index contributed by atoms with van der Waals surface area (Å²) in [4.78, 5) is 22.8. The van der Waals surface area contributed by atoms with Gasteiger partial charge in [0.25, 0.3) is 0 Å². The highest BCUT2D eigenvalue weighted by molar-refractivity contribution is 5.67. The first-order valence-electron chi connectivity index (χ1n) is 9.83. The van der Waals surface area contributed by atoms with Crippen molar-refractivity contribution in [1.29, 1.82) is 0 Å². The minimum Gasteiger partial charge on any atom is -0.450 e. The SMILES string of the molecule is CCOC(=O)N1CCC(Nc2nc(C)cc(Nc3c(C)cccc3C)n2)CC1. The van der Waals surface area contributed by atoms with Gasteiger partial charge in [-0.1, -0.05) is 18.2 Å². The predicted octanol–water partition coefficient (Wildman–Crippen LogP) is 4.18. The second kappa shape index (κ2) is 8.91. The number of rotatable bonds is 5. The maximum Gasteiger partial charge on any atom is 0.409 e. The van der Waals surface area contributed by atoms with Crippen LogP contribution in [0.2, 0.25) is 0 Å². The monoisotopic (exact) mass is 383 g/mol. The summed E-state index contributed by atoms with van der Waals surface area (Å²) in [5.41, 5.74) is 4.33. The number of nitrogens with zero attached hydrogens (tertiary/aromatic N) is 3. The third-order valence-corrected chi connectivity index (χ3v) is 4.94. The average molecular weight is 383 g/mol. The summed E-state index contributed by atoms with van der Waals surface area (Å²) >= 11 is 0. The molecule has 2 N–H and O–H groups in total. The molecule has 3 rings (SSSR count). The molecule has 1 aromatic carbocycles. The average Bonchev–Trinajstić information content (AvgIpc) is 2.65. The van der Waals surface area contributed by atoms with Crippen LogP contribution in [0.5, 0.6) is 0 Å². The third-order valence-electron chi connectivity index (χ3n) is 4.94. The summed E-state index contributed by atoms with van der Waals surface area (Å²) in [5, 5.41) is 6.86. The van der Waals surface area contributed by atoms with Crippen LogP contribution in [0.25, 0.3) is 0 Å². The lowest BCUT2D eigenvalue weighted by molar-refractivity contribution is 0.0983. The number of piperidine rings is 1. The van der Waals surface area contributed by atoms with E-state index in [-0.39, 0.29) is 12.1 Å². The highest BCUT2D eigenvalue weighted by Crippen LogP contribution is 2.24. The molecule has 0 aliphatic carbocycles. The molecule has 1 amide bonds. The minimum atomic E-state index is -0.229. The normalized spacial score (nSPS) is 14.6. The van der Waals surface area contributed by atoms with Crippen LogP contribution in [0.15, 0.2) is 24.3 Å². The first kappa shape index (κ1) is 19.9. The van der Waals surface area contributed by atoms with Crippen molar-refractivity contribution in [3.8, 4) is 0 Å². The molecule has 28 heavy (non-hydrogen) atoms. The molecule has 0 bridgehead atoms. The van der Waals surface area contributed by atoms with Crippen LogP contribution >= 0.6 is 0 Å². The van der Waals surface area contributed by atoms with Gasteiger partial charge in [-0.15, -0.1) is 0 Å². The van der Waals surface area contributed by atoms with Gasteiger partial charge >= 0.3 is 6.09 Å². The van der Waals surface area contributed by atoms with E-state index in [1.807, 2.05) is 19.9 Å². The van der Waals surface area contributed by atoms with Crippen LogP contribution in [0.4, 0.5) is 22.2 Å². The van der Waals surface area contributed by atoms with Crippen LogP contribution in [0.3, 0.4) is 0 Å². The van der Waals surface area contributed by atoms with Gasteiger partial charge in [-0.3, -0.25) is 0 Å². The molecule has 150 valence electrons. The van der Waals surface area contributed by atoms with Crippen LogP contribution in [-0.4, -0.2) is 46.7 Å². The van der Waals surface area contributed by atoms with Gasteiger partial charge in [0.2, 0.25) is 5.95 Å². The molecule has 0 radical (unpaired) electrons. The molecular weight excluding hydrogens is 354 g/mol. The van der Waals surface area contributed by atoms with Gasteiger partial charge in [-0.2, -0.15) is 4.98 Å². The Morgan fingerprint density at radius 1 is 1.18 bits per heavy atom. The summed E-state index contributed by atoms with van der Waals surface area (Å²) in [6.45, 7) is 9.72. The van der Waals surface area contributed by atoms with Gasteiger partial charge < -0.3 is 20.3 Å². The van der Waals surface area contributed by atoms with Crippen molar-refractivity contribution < 1.29 is 9.53 Å². The zero-order valence-electron chi connectivity index (χ0n) is 17.1. The van der Waals surface area contributed by atoms with E-state index in [0.29, 0.717) is 25.6 Å². The molecule has 2 heterocycles. The Bertz CT molecular complexity index is 811. The van der Waals surface area contributed by atoms with E-state index >= 15 is 0 Å². The first-order valence-corrected chi connectivity index (χ1v) is 9.83. The first-order chi connectivity index (χ1) is 13.5. The number of likely N-dealkylation sites (tertiary alicyclic amines) is 1. The summed E-state index contributed by atoms with van der Waals surface area (Å²) < 4.78 is 5.08. The number of amides is 1. The number of aryl methyl sites for hydroxylation is 3. The largest absolute Gasteiger partial charge is 0.450 e. The highest BCUT2D eigenvalue weighted by atomic mass is 16.6. The Labute approximate surface area is 166 Å². The molecule has 1 aliphatic heterocycles. The maximum atomic E-state index is 11.8. The topological polar surface area (TPSA) is 79.4 Å². The minimum absolute atomic E-state index is 0.229. The van der Waals surface area contributed by atoms with E-state index < -0.39 is 0 Å². The van der Waals surface area contributed by atoms with Crippen LogP contribution in [0, 0.1) is 20.8 Å². The van der Waals surface area contributed by atoms with E-state index in [0.717, 1.165) is 30.0 Å². The molecule has 1 aromatic heterocycles. The van der Waals surface area contributed by atoms with Crippen molar-refractivity contribution in [1.82, 2.24) is 14.9 Å². The van der Waals surface area contributed by atoms with Crippen molar-refractivity contribution in [3.05, 3.63) is 41.1 Å². The molecule has 0 spiro atoms. The lowest BCUT2D eigenvalue weighted by Crippen LogP contribution is -2.42. The summed E-state index contributed by atoms with van der Waals surface area (Å²) in [5.74, 6) is 1.39. The van der Waals surface area contributed by atoms with Gasteiger partial charge in [0.1, 0.15) is 5.82 Å². The summed E-state index contributed by atoms with van der Waals surface area (Å²) in [7, 11) is 0. The highest BCUT2D eigenvalue weighted by Gasteiger charge is 2.24. The number of para-hydroxylation sites is 1. The predicted molar refractivity (Wildman–Crippen MR) is 111 cm³/mol. The smallest absolute Gasteiger partial charge is 0.409 e. The molecule has 0 saturated carbocycles. The van der Waals surface area contributed by atoms with Crippen molar-refractivity contribution >= 4 is 23.5 Å². The number of benzene rings is 1. The fourth-order valence-electron chi connectivity index (χ4n) is 3.44. The van der Waals surface area contributed by atoms with Gasteiger partial charge in [0.05, 0.1) is 6.61 Å². The van der Waals surface area contributed by atoms with Crippen molar-refractivity contribution in [2.75, 3.05) is 30.3 Å². The fraction of sp³-hybridized carbons (Fsp3) is 0.476. The van der Waals surface area contributed by atoms with E-state index in [1.54, 1.807) is 4.90 Å². The van der Waals surface area contributed by atoms with E-state index in [4.69, 9.17) is 4.74 Å². The van der Waals surface area contributed by atoms with Gasteiger partial charge in [-0.05, 0) is 51.7 Å². The molecule has 0 unspecified atom stereocenters. The maximum absolute atomic E-state index is 11.8. The zero-order chi connectivity index (χ0) is 20.1. The second-order valence-electron chi connectivity index (χ2n) is 7.21. The molecule has 7 nitrogen and oxygen atoms in total. The number of hydrogen-bond donors (Lipinski definition) is 2. The van der Waals surface area contributed by atoms with E-state index in [9.17, 15) is 4.79 Å². The van der Waals surface area contributed by atoms with Gasteiger partial charge in [0, 0.05) is 36.6 Å². The fourth-order valence-corrected chi connectivity index (χ4v) is 3.44. The lowest BCUT2D eigenvalue weighted by Gasteiger charge is -2.31. The Balaban J connectivity index is 1.65. The lowest BCUT2D eigenvalue weighted by atomic mass is 10.1. The molecule has 1 aliphatic rings. The third kappa shape index (κ3) is 4.91. The van der Waals surface area contributed by atoms with Crippen molar-refractivity contribution in [2.24, 2.45) is 0 Å². The molecule has 7 heteroatoms. The number of aromatic nitrogens is 2. The molecular formula is C21H29N5O2. The van der Waals surface area contributed by atoms with Gasteiger partial charge in [0.15, 0.2) is 0 Å². The van der Waals surface area contributed by atoms with E-state index in [1.165, 1.54) is 11.1 Å². The number of ether oxygens (including phenoxy) is 1. The molecule has 2 aromatic rings. The van der Waals surface area contributed by atoms with Crippen molar-refractivity contribution in [3.63, 3.8) is 0 Å². The number of hydrogen-bond acceptors (Lipinski definition) is 6. The molecule has 0 atom stereocenters. The van der Waals surface area contributed by atoms with Crippen LogP contribution in [0.1, 0.15) is 36.6 Å². The van der Waals surface area contributed by atoms with Gasteiger partial charge in [-0.25, -0.2) is 9.78 Å². The summed E-state index contributed by atoms with van der Waals surface area (Å²) in [6.07, 6.45) is 1.46. The van der Waals surface area contributed by atoms with Crippen LogP contribution < -0.4 is 10.6 Å². The Morgan fingerprint density at radius 3 is 2.50 bits per heavy atom. The Hall–Kier alpha value is -2.83. The number of carbonyl (C=O) groups is 1. The molecule has 1 fully saturated rings.